The van der Waals surface area contributed by atoms with Crippen molar-refractivity contribution < 1.29 is 17.5 Å². The van der Waals surface area contributed by atoms with Gasteiger partial charge in [-0.3, -0.25) is 4.72 Å². The lowest BCUT2D eigenvalue weighted by molar-refractivity contribution is 0.416. The first-order chi connectivity index (χ1) is 8.92. The summed E-state index contributed by atoms with van der Waals surface area (Å²) in [5.74, 6) is -0.338. The average molecular weight is 322 g/mol. The zero-order chi connectivity index (χ0) is 14.0. The first kappa shape index (κ1) is 14.1. The lowest BCUT2D eigenvalue weighted by atomic mass is 10.3. The molecule has 1 aromatic carbocycles. The van der Waals surface area contributed by atoms with Gasteiger partial charge in [-0.05, 0) is 24.3 Å². The Bertz CT molecular complexity index is 700. The highest BCUT2D eigenvalue weighted by Gasteiger charge is 2.19. The van der Waals surface area contributed by atoms with Crippen molar-refractivity contribution in [2.75, 3.05) is 11.8 Å². The molecule has 0 saturated heterocycles. The van der Waals surface area contributed by atoms with Crippen LogP contribution in [-0.2, 0) is 10.0 Å². The summed E-state index contributed by atoms with van der Waals surface area (Å²) in [6.45, 7) is 0. The molecule has 1 N–H and O–H groups in total. The lowest BCUT2D eigenvalue weighted by Gasteiger charge is -2.10. The largest absolute Gasteiger partial charge is 0.495 e. The molecule has 0 radical (unpaired) electrons. The second-order valence-electron chi connectivity index (χ2n) is 3.51. The maximum absolute atomic E-state index is 13.2. The molecule has 0 saturated carbocycles. The van der Waals surface area contributed by atoms with Gasteiger partial charge in [0.1, 0.15) is 15.8 Å². The van der Waals surface area contributed by atoms with Crippen molar-refractivity contribution >= 4 is 38.6 Å². The van der Waals surface area contributed by atoms with E-state index in [-0.39, 0.29) is 15.6 Å². The average Bonchev–Trinajstić information content (AvgIpc) is 2.76. The molecule has 0 fully saturated rings. The van der Waals surface area contributed by atoms with Crippen LogP contribution in [-0.4, -0.2) is 15.5 Å². The van der Waals surface area contributed by atoms with E-state index in [1.54, 1.807) is 0 Å². The van der Waals surface area contributed by atoms with E-state index in [4.69, 9.17) is 16.3 Å². The molecule has 1 heterocycles. The van der Waals surface area contributed by atoms with E-state index in [9.17, 15) is 12.8 Å². The smallest absolute Gasteiger partial charge is 0.271 e. The van der Waals surface area contributed by atoms with Crippen LogP contribution in [0.4, 0.5) is 10.1 Å². The van der Waals surface area contributed by atoms with E-state index in [0.717, 1.165) is 17.4 Å². The van der Waals surface area contributed by atoms with Crippen molar-refractivity contribution in [1.82, 2.24) is 0 Å². The van der Waals surface area contributed by atoms with Gasteiger partial charge < -0.3 is 4.74 Å². The van der Waals surface area contributed by atoms with Gasteiger partial charge in [0.25, 0.3) is 10.0 Å². The lowest BCUT2D eigenvalue weighted by Crippen LogP contribution is -2.12. The van der Waals surface area contributed by atoms with Gasteiger partial charge in [-0.1, -0.05) is 11.6 Å². The summed E-state index contributed by atoms with van der Waals surface area (Å²) in [6, 6.07) is 6.42. The highest BCUT2D eigenvalue weighted by Crippen LogP contribution is 2.31. The molecule has 19 heavy (non-hydrogen) atoms. The molecular formula is C11H9ClFNO3S2. The van der Waals surface area contributed by atoms with Crippen molar-refractivity contribution in [3.05, 3.63) is 40.5 Å². The number of nitrogens with one attached hydrogen (secondary N) is 1. The summed E-state index contributed by atoms with van der Waals surface area (Å²) in [7, 11) is -2.44. The molecule has 0 bridgehead atoms. The molecule has 0 aliphatic carbocycles. The second-order valence-corrected chi connectivity index (χ2v) is 7.13. The van der Waals surface area contributed by atoms with Crippen molar-refractivity contribution in [3.63, 3.8) is 0 Å². The van der Waals surface area contributed by atoms with Crippen LogP contribution >= 0.6 is 22.9 Å². The molecule has 0 aliphatic rings. The number of benzene rings is 1. The van der Waals surface area contributed by atoms with Gasteiger partial charge in [0.2, 0.25) is 0 Å². The van der Waals surface area contributed by atoms with Gasteiger partial charge in [0.05, 0.1) is 17.1 Å². The quantitative estimate of drug-likeness (QED) is 0.939. The van der Waals surface area contributed by atoms with Crippen LogP contribution in [0.2, 0.25) is 4.34 Å². The number of anilines is 1. The maximum Gasteiger partial charge on any atom is 0.271 e. The summed E-state index contributed by atoms with van der Waals surface area (Å²) in [5, 5.41) is 0. The number of sulfonamides is 1. The summed E-state index contributed by atoms with van der Waals surface area (Å²) >= 11 is 6.61. The second kappa shape index (κ2) is 5.36. The van der Waals surface area contributed by atoms with Crippen molar-refractivity contribution in [3.8, 4) is 5.75 Å². The molecule has 8 heteroatoms. The third-order valence-corrected chi connectivity index (χ3v) is 5.31. The van der Waals surface area contributed by atoms with Crippen LogP contribution in [0, 0.1) is 5.82 Å². The Morgan fingerprint density at radius 1 is 1.32 bits per heavy atom. The van der Waals surface area contributed by atoms with Gasteiger partial charge >= 0.3 is 0 Å². The van der Waals surface area contributed by atoms with Crippen LogP contribution in [0.25, 0.3) is 0 Å². The minimum atomic E-state index is -3.80. The molecule has 0 spiro atoms. The van der Waals surface area contributed by atoms with Crippen molar-refractivity contribution in [2.24, 2.45) is 0 Å². The number of rotatable bonds is 4. The van der Waals surface area contributed by atoms with Gasteiger partial charge in [-0.15, -0.1) is 11.3 Å². The SMILES string of the molecule is COc1ccc(F)cc1NS(=O)(=O)c1ccc(Cl)s1. The Morgan fingerprint density at radius 2 is 2.05 bits per heavy atom. The Balaban J connectivity index is 2.38. The Labute approximate surface area is 118 Å². The van der Waals surface area contributed by atoms with E-state index in [1.165, 1.54) is 31.4 Å². The van der Waals surface area contributed by atoms with E-state index >= 15 is 0 Å². The highest BCUT2D eigenvalue weighted by atomic mass is 35.5. The van der Waals surface area contributed by atoms with E-state index < -0.39 is 15.8 Å². The molecule has 2 rings (SSSR count). The molecule has 0 amide bonds. The predicted octanol–water partition coefficient (Wildman–Crippen LogP) is 3.35. The zero-order valence-corrected chi connectivity index (χ0v) is 12.1. The third kappa shape index (κ3) is 3.17. The predicted molar refractivity (Wildman–Crippen MR) is 73.1 cm³/mol. The summed E-state index contributed by atoms with van der Waals surface area (Å²) in [6.07, 6.45) is 0. The maximum atomic E-state index is 13.2. The molecule has 0 unspecified atom stereocenters. The van der Waals surface area contributed by atoms with Crippen LogP contribution in [0.3, 0.4) is 0 Å². The van der Waals surface area contributed by atoms with Gasteiger partial charge in [0, 0.05) is 6.07 Å². The molecule has 0 atom stereocenters. The van der Waals surface area contributed by atoms with E-state index in [0.29, 0.717) is 4.34 Å². The Hall–Kier alpha value is -1.31. The first-order valence-corrected chi connectivity index (χ1v) is 7.72. The number of halogens is 2. The molecule has 1 aromatic heterocycles. The van der Waals surface area contributed by atoms with Crippen LogP contribution in [0.1, 0.15) is 0 Å². The van der Waals surface area contributed by atoms with Crippen molar-refractivity contribution in [1.29, 1.82) is 0 Å². The normalized spacial score (nSPS) is 11.3. The summed E-state index contributed by atoms with van der Waals surface area (Å²) in [5.41, 5.74) is 0.0343. The van der Waals surface area contributed by atoms with Crippen LogP contribution in [0.5, 0.6) is 5.75 Å². The van der Waals surface area contributed by atoms with E-state index in [2.05, 4.69) is 4.72 Å². The van der Waals surface area contributed by atoms with Crippen LogP contribution in [0.15, 0.2) is 34.5 Å². The Morgan fingerprint density at radius 3 is 2.63 bits per heavy atom. The monoisotopic (exact) mass is 321 g/mol. The molecular weight excluding hydrogens is 313 g/mol. The van der Waals surface area contributed by atoms with Crippen LogP contribution < -0.4 is 9.46 Å². The van der Waals surface area contributed by atoms with Gasteiger partial charge in [0.15, 0.2) is 0 Å². The van der Waals surface area contributed by atoms with Gasteiger partial charge in [-0.25, -0.2) is 12.8 Å². The fourth-order valence-electron chi connectivity index (χ4n) is 1.40. The minimum Gasteiger partial charge on any atom is -0.495 e. The molecule has 102 valence electrons. The van der Waals surface area contributed by atoms with Crippen molar-refractivity contribution in [2.45, 2.75) is 4.21 Å². The topological polar surface area (TPSA) is 55.4 Å². The number of methoxy groups -OCH3 is 1. The molecule has 0 aliphatic heterocycles. The Kier molecular flexibility index (Phi) is 3.98. The number of hydrogen-bond acceptors (Lipinski definition) is 4. The highest BCUT2D eigenvalue weighted by molar-refractivity contribution is 7.94. The minimum absolute atomic E-state index is 0.0343. The standard InChI is InChI=1S/C11H9ClFNO3S2/c1-17-9-3-2-7(13)6-8(9)14-19(15,16)11-5-4-10(12)18-11/h2-6,14H,1H3. The molecule has 4 nitrogen and oxygen atoms in total. The third-order valence-electron chi connectivity index (χ3n) is 2.22. The van der Waals surface area contributed by atoms with Gasteiger partial charge in [-0.2, -0.15) is 0 Å². The summed E-state index contributed by atoms with van der Waals surface area (Å²) in [4.78, 5) is 0. The summed E-state index contributed by atoms with van der Waals surface area (Å²) < 4.78 is 44.9. The fourth-order valence-corrected chi connectivity index (χ4v) is 3.94. The first-order valence-electron chi connectivity index (χ1n) is 5.04. The number of thiophene rings is 1. The zero-order valence-electron chi connectivity index (χ0n) is 9.68. The molecule has 2 aromatic rings. The number of hydrogen-bond donors (Lipinski definition) is 1. The number of ether oxygens (including phenoxy) is 1. The van der Waals surface area contributed by atoms with E-state index in [1.807, 2.05) is 0 Å². The fraction of sp³-hybridized carbons (Fsp3) is 0.0909.